The predicted molar refractivity (Wildman–Crippen MR) is 91.7 cm³/mol. The monoisotopic (exact) mass is 338 g/mol. The Balaban J connectivity index is 1.85. The van der Waals surface area contributed by atoms with Crippen LogP contribution in [-0.2, 0) is 24.6 Å². The van der Waals surface area contributed by atoms with Crippen molar-refractivity contribution < 1.29 is 23.8 Å². The third kappa shape index (κ3) is 3.46. The molecular formula is C20H18O5. The van der Waals surface area contributed by atoms with E-state index in [4.69, 9.17) is 9.47 Å². The molecule has 2 atom stereocenters. The largest absolute Gasteiger partial charge is 0.510 e. The van der Waals surface area contributed by atoms with Crippen LogP contribution < -0.4 is 0 Å². The van der Waals surface area contributed by atoms with Gasteiger partial charge in [-0.3, -0.25) is 4.79 Å². The molecule has 3 rings (SSSR count). The lowest BCUT2D eigenvalue weighted by Gasteiger charge is -2.33. The van der Waals surface area contributed by atoms with Gasteiger partial charge in [0.2, 0.25) is 6.29 Å². The minimum Gasteiger partial charge on any atom is -0.438 e. The Morgan fingerprint density at radius 3 is 2.32 bits per heavy atom. The van der Waals surface area contributed by atoms with Crippen LogP contribution in [0, 0.1) is 0 Å². The quantitative estimate of drug-likeness (QED) is 0.796. The van der Waals surface area contributed by atoms with Gasteiger partial charge in [0, 0.05) is 0 Å². The van der Waals surface area contributed by atoms with Crippen molar-refractivity contribution in [2.45, 2.75) is 18.8 Å². The van der Waals surface area contributed by atoms with Crippen LogP contribution in [0.3, 0.4) is 0 Å². The number of hydrogen-bond acceptors (Lipinski definition) is 5. The first-order valence-electron chi connectivity index (χ1n) is 7.84. The van der Waals surface area contributed by atoms with Gasteiger partial charge in [-0.05, 0) is 35.8 Å². The molecule has 0 N–H and O–H groups in total. The van der Waals surface area contributed by atoms with Crippen molar-refractivity contribution >= 4 is 11.9 Å². The molecule has 25 heavy (non-hydrogen) atoms. The summed E-state index contributed by atoms with van der Waals surface area (Å²) in [5.41, 5.74) is 1.57. The summed E-state index contributed by atoms with van der Waals surface area (Å²) < 4.78 is 15.2. The number of benzene rings is 2. The molecule has 1 heterocycles. The maximum absolute atomic E-state index is 12.4. The molecule has 0 bridgehead atoms. The highest BCUT2D eigenvalue weighted by Crippen LogP contribution is 2.33. The standard InChI is InChI=1S/C20H18O5/c1-20(17(21)12-13-18(25-20)24-19(22)23-2)16-10-8-15(9-11-16)14-6-4-3-5-7-14/h3-13,18H,1-2H3/t18-,20-/m0/s1. The second-order valence-electron chi connectivity index (χ2n) is 5.76. The molecule has 0 fully saturated rings. The molecule has 0 spiro atoms. The number of methoxy groups -OCH3 is 1. The van der Waals surface area contributed by atoms with Crippen molar-refractivity contribution in [3.8, 4) is 11.1 Å². The number of carbonyl (C=O) groups excluding carboxylic acids is 2. The molecule has 0 saturated carbocycles. The molecule has 5 nitrogen and oxygen atoms in total. The molecule has 2 aromatic carbocycles. The Morgan fingerprint density at radius 2 is 1.68 bits per heavy atom. The van der Waals surface area contributed by atoms with Crippen LogP contribution in [0.4, 0.5) is 4.79 Å². The fourth-order valence-corrected chi connectivity index (χ4v) is 2.68. The van der Waals surface area contributed by atoms with Gasteiger partial charge in [-0.25, -0.2) is 4.79 Å². The van der Waals surface area contributed by atoms with Gasteiger partial charge < -0.3 is 14.2 Å². The van der Waals surface area contributed by atoms with Gasteiger partial charge in [0.25, 0.3) is 0 Å². The smallest absolute Gasteiger partial charge is 0.438 e. The minimum absolute atomic E-state index is 0.218. The Morgan fingerprint density at radius 1 is 1.04 bits per heavy atom. The molecule has 0 aliphatic carbocycles. The summed E-state index contributed by atoms with van der Waals surface area (Å²) in [5.74, 6) is -0.218. The van der Waals surface area contributed by atoms with E-state index < -0.39 is 18.0 Å². The lowest BCUT2D eigenvalue weighted by molar-refractivity contribution is -0.182. The number of rotatable bonds is 3. The number of hydrogen-bond donors (Lipinski definition) is 0. The Hall–Kier alpha value is -2.92. The molecule has 1 aliphatic heterocycles. The zero-order chi connectivity index (χ0) is 17.9. The van der Waals surface area contributed by atoms with Gasteiger partial charge in [0.15, 0.2) is 11.4 Å². The lowest BCUT2D eigenvalue weighted by Crippen LogP contribution is -2.42. The van der Waals surface area contributed by atoms with Gasteiger partial charge in [-0.2, -0.15) is 0 Å². The molecule has 0 aromatic heterocycles. The van der Waals surface area contributed by atoms with E-state index in [2.05, 4.69) is 4.74 Å². The minimum atomic E-state index is -1.23. The maximum atomic E-state index is 12.4. The average Bonchev–Trinajstić information content (AvgIpc) is 2.65. The first-order chi connectivity index (χ1) is 12.0. The molecule has 0 unspecified atom stereocenters. The molecule has 5 heteroatoms. The van der Waals surface area contributed by atoms with E-state index in [1.54, 1.807) is 6.92 Å². The summed E-state index contributed by atoms with van der Waals surface area (Å²) >= 11 is 0. The molecule has 1 aliphatic rings. The van der Waals surface area contributed by atoms with E-state index in [-0.39, 0.29) is 5.78 Å². The fraction of sp³-hybridized carbons (Fsp3) is 0.200. The first kappa shape index (κ1) is 16.9. The van der Waals surface area contributed by atoms with E-state index in [9.17, 15) is 9.59 Å². The third-order valence-electron chi connectivity index (χ3n) is 4.15. The van der Waals surface area contributed by atoms with Crippen LogP contribution >= 0.6 is 0 Å². The SMILES string of the molecule is COC(=O)O[C@@H]1C=CC(=O)[C@](C)(c2ccc(-c3ccccc3)cc2)O1. The van der Waals surface area contributed by atoms with Crippen LogP contribution in [0.2, 0.25) is 0 Å². The Kier molecular flexibility index (Phi) is 4.67. The summed E-state index contributed by atoms with van der Waals surface area (Å²) in [6.45, 7) is 1.66. The Labute approximate surface area is 145 Å². The van der Waals surface area contributed by atoms with Crippen LogP contribution in [0.25, 0.3) is 11.1 Å². The van der Waals surface area contributed by atoms with E-state index in [0.717, 1.165) is 11.1 Å². The second kappa shape index (κ2) is 6.91. The van der Waals surface area contributed by atoms with E-state index in [1.165, 1.54) is 19.3 Å². The van der Waals surface area contributed by atoms with Crippen LogP contribution in [0.1, 0.15) is 12.5 Å². The average molecular weight is 338 g/mol. The highest BCUT2D eigenvalue weighted by Gasteiger charge is 2.40. The first-order valence-corrected chi connectivity index (χ1v) is 7.84. The van der Waals surface area contributed by atoms with Crippen molar-refractivity contribution in [2.75, 3.05) is 7.11 Å². The maximum Gasteiger partial charge on any atom is 0.510 e. The van der Waals surface area contributed by atoms with Crippen molar-refractivity contribution in [1.82, 2.24) is 0 Å². The van der Waals surface area contributed by atoms with E-state index in [0.29, 0.717) is 5.56 Å². The number of ether oxygens (including phenoxy) is 3. The second-order valence-corrected chi connectivity index (χ2v) is 5.76. The van der Waals surface area contributed by atoms with Crippen LogP contribution in [0.15, 0.2) is 66.7 Å². The zero-order valence-electron chi connectivity index (χ0n) is 14.0. The number of carbonyl (C=O) groups is 2. The lowest BCUT2D eigenvalue weighted by atomic mass is 9.88. The van der Waals surface area contributed by atoms with Crippen molar-refractivity contribution in [1.29, 1.82) is 0 Å². The molecule has 2 aromatic rings. The van der Waals surface area contributed by atoms with Gasteiger partial charge in [-0.15, -0.1) is 0 Å². The predicted octanol–water partition coefficient (Wildman–Crippen LogP) is 3.83. The Bertz CT molecular complexity index is 795. The molecule has 0 amide bonds. The van der Waals surface area contributed by atoms with Crippen LogP contribution in [0.5, 0.6) is 0 Å². The van der Waals surface area contributed by atoms with Crippen LogP contribution in [-0.4, -0.2) is 25.3 Å². The highest BCUT2D eigenvalue weighted by molar-refractivity contribution is 5.98. The van der Waals surface area contributed by atoms with E-state index >= 15 is 0 Å². The normalized spacial score (nSPS) is 22.5. The van der Waals surface area contributed by atoms with Gasteiger partial charge in [-0.1, -0.05) is 54.6 Å². The van der Waals surface area contributed by atoms with Crippen molar-refractivity contribution in [3.63, 3.8) is 0 Å². The summed E-state index contributed by atoms with van der Waals surface area (Å²) in [6, 6.07) is 17.5. The summed E-state index contributed by atoms with van der Waals surface area (Å²) in [7, 11) is 1.21. The summed E-state index contributed by atoms with van der Waals surface area (Å²) in [4.78, 5) is 23.7. The summed E-state index contributed by atoms with van der Waals surface area (Å²) in [5, 5.41) is 0. The van der Waals surface area contributed by atoms with Crippen molar-refractivity contribution in [3.05, 3.63) is 72.3 Å². The zero-order valence-corrected chi connectivity index (χ0v) is 14.0. The van der Waals surface area contributed by atoms with Crippen molar-refractivity contribution in [2.24, 2.45) is 0 Å². The van der Waals surface area contributed by atoms with Gasteiger partial charge in [0.05, 0.1) is 7.11 Å². The molecule has 0 saturated heterocycles. The molecule has 128 valence electrons. The topological polar surface area (TPSA) is 61.8 Å². The number of ketones is 1. The van der Waals surface area contributed by atoms with E-state index in [1.807, 2.05) is 54.6 Å². The fourth-order valence-electron chi connectivity index (χ4n) is 2.68. The summed E-state index contributed by atoms with van der Waals surface area (Å²) in [6.07, 6.45) is 0.899. The molecule has 0 radical (unpaired) electrons. The van der Waals surface area contributed by atoms with Gasteiger partial charge in [0.1, 0.15) is 0 Å². The third-order valence-corrected chi connectivity index (χ3v) is 4.15. The van der Waals surface area contributed by atoms with Gasteiger partial charge >= 0.3 is 6.16 Å². The molecular weight excluding hydrogens is 320 g/mol. The highest BCUT2D eigenvalue weighted by atomic mass is 16.8.